The fourth-order valence-electron chi connectivity index (χ4n) is 3.27. The van der Waals surface area contributed by atoms with E-state index in [4.69, 9.17) is 15.9 Å². The molecule has 0 bridgehead atoms. The molecule has 0 amide bonds. The van der Waals surface area contributed by atoms with Gasteiger partial charge in [-0.05, 0) is 43.2 Å². The third-order valence-electron chi connectivity index (χ3n) is 5.44. The highest BCUT2D eigenvalue weighted by Gasteiger charge is 2.20. The molecule has 4 rings (SSSR count). The van der Waals surface area contributed by atoms with Crippen LogP contribution in [0, 0.1) is 35.4 Å². The van der Waals surface area contributed by atoms with E-state index >= 15 is 0 Å². The Morgan fingerprint density at radius 3 is 2.31 bits per heavy atom. The number of rotatable bonds is 8. The number of anilines is 3. The van der Waals surface area contributed by atoms with Gasteiger partial charge in [-0.15, -0.1) is 11.3 Å². The first kappa shape index (κ1) is 29.6. The minimum atomic E-state index is -0.509. The second-order valence-corrected chi connectivity index (χ2v) is 10.1. The predicted molar refractivity (Wildman–Crippen MR) is 153 cm³/mol. The number of nitrogens with two attached hydrogens (primary N) is 1. The number of hydrogen-bond acceptors (Lipinski definition) is 10. The Labute approximate surface area is 234 Å². The Morgan fingerprint density at radius 1 is 1.08 bits per heavy atom. The van der Waals surface area contributed by atoms with Crippen LogP contribution in [0.5, 0.6) is 0 Å². The summed E-state index contributed by atoms with van der Waals surface area (Å²) < 4.78 is 13.1. The molecule has 8 nitrogen and oxygen atoms in total. The van der Waals surface area contributed by atoms with Gasteiger partial charge in [-0.25, -0.2) is 14.4 Å². The minimum absolute atomic E-state index is 0.0894. The summed E-state index contributed by atoms with van der Waals surface area (Å²) in [7, 11) is 0. The lowest BCUT2D eigenvalue weighted by Gasteiger charge is -2.13. The molecule has 0 aliphatic carbocycles. The molecule has 2 aromatic heterocycles. The molecule has 11 heteroatoms. The van der Waals surface area contributed by atoms with Gasteiger partial charge < -0.3 is 21.3 Å². The molecule has 0 saturated heterocycles. The maximum atomic E-state index is 13.1. The standard InChI is InChI=1S/C24H17FN6S2.C4H10O2/c1-14-2-4-15(5-3-14)21-19(10-26)22(28)31-23(20(21)11-27)32-12-18-13-33-24(30-18)29-17-8-6-16(25)7-9-17;1-2-4(6)3-5/h2-9,13H,12H2,1H3,(H2,28,31)(H,29,30);4-6H,2-3H2,1H3. The molecule has 4 aromatic rings. The smallest absolute Gasteiger partial charge is 0.187 e. The van der Waals surface area contributed by atoms with Crippen LogP contribution in [0.25, 0.3) is 11.1 Å². The van der Waals surface area contributed by atoms with Crippen LogP contribution in [0.15, 0.2) is 58.9 Å². The van der Waals surface area contributed by atoms with Crippen LogP contribution in [0.3, 0.4) is 0 Å². The van der Waals surface area contributed by atoms with Crippen molar-refractivity contribution in [3.8, 4) is 23.3 Å². The molecule has 2 heterocycles. The lowest BCUT2D eigenvalue weighted by molar-refractivity contribution is 0.0923. The average molecular weight is 563 g/mol. The van der Waals surface area contributed by atoms with Gasteiger partial charge in [0.2, 0.25) is 0 Å². The second kappa shape index (κ2) is 14.2. The number of thiazole rings is 1. The predicted octanol–water partition coefficient (Wildman–Crippen LogP) is 5.76. The number of nitriles is 2. The van der Waals surface area contributed by atoms with Crippen molar-refractivity contribution in [2.75, 3.05) is 17.7 Å². The summed E-state index contributed by atoms with van der Waals surface area (Å²) in [6.45, 7) is 3.67. The summed E-state index contributed by atoms with van der Waals surface area (Å²) in [6.07, 6.45) is 0.126. The van der Waals surface area contributed by atoms with Crippen LogP contribution in [-0.4, -0.2) is 32.9 Å². The molecule has 0 fully saturated rings. The maximum Gasteiger partial charge on any atom is 0.187 e. The average Bonchev–Trinajstić information content (AvgIpc) is 3.40. The second-order valence-electron chi connectivity index (χ2n) is 8.33. The van der Waals surface area contributed by atoms with Crippen molar-refractivity contribution < 1.29 is 14.6 Å². The van der Waals surface area contributed by atoms with Crippen molar-refractivity contribution in [3.05, 3.63) is 82.1 Å². The first-order chi connectivity index (χ1) is 18.8. The summed E-state index contributed by atoms with van der Waals surface area (Å²) in [5.74, 6) is 0.248. The molecule has 0 saturated carbocycles. The number of halogens is 1. The molecule has 1 unspecified atom stereocenters. The first-order valence-electron chi connectivity index (χ1n) is 11.9. The van der Waals surface area contributed by atoms with E-state index in [0.29, 0.717) is 33.5 Å². The number of thioether (sulfide) groups is 1. The van der Waals surface area contributed by atoms with E-state index in [0.717, 1.165) is 22.5 Å². The highest BCUT2D eigenvalue weighted by atomic mass is 32.2. The number of nitrogens with zero attached hydrogens (tertiary/aromatic N) is 4. The van der Waals surface area contributed by atoms with E-state index in [1.54, 1.807) is 12.1 Å². The van der Waals surface area contributed by atoms with Crippen molar-refractivity contribution in [2.45, 2.75) is 37.2 Å². The Hall–Kier alpha value is -4.00. The number of aromatic nitrogens is 2. The molecular formula is C28H27FN6O2S2. The van der Waals surface area contributed by atoms with E-state index in [1.165, 1.54) is 35.2 Å². The molecule has 0 radical (unpaired) electrons. The molecular weight excluding hydrogens is 535 g/mol. The minimum Gasteiger partial charge on any atom is -0.394 e. The van der Waals surface area contributed by atoms with Gasteiger partial charge >= 0.3 is 0 Å². The van der Waals surface area contributed by atoms with Crippen molar-refractivity contribution in [3.63, 3.8) is 0 Å². The third kappa shape index (κ3) is 7.99. The van der Waals surface area contributed by atoms with Gasteiger partial charge in [-0.1, -0.05) is 48.5 Å². The summed E-state index contributed by atoms with van der Waals surface area (Å²) in [5, 5.41) is 42.2. The monoisotopic (exact) mass is 562 g/mol. The van der Waals surface area contributed by atoms with Crippen molar-refractivity contribution in [1.29, 1.82) is 10.5 Å². The fourth-order valence-corrected chi connectivity index (χ4v) is 4.99. The summed E-state index contributed by atoms with van der Waals surface area (Å²) >= 11 is 2.76. The van der Waals surface area contributed by atoms with Gasteiger partial charge in [0.25, 0.3) is 0 Å². The van der Waals surface area contributed by atoms with E-state index in [-0.39, 0.29) is 23.8 Å². The van der Waals surface area contributed by atoms with E-state index < -0.39 is 6.10 Å². The molecule has 0 spiro atoms. The number of hydrogen-bond donors (Lipinski definition) is 4. The van der Waals surface area contributed by atoms with Gasteiger partial charge in [0, 0.05) is 22.4 Å². The molecule has 1 atom stereocenters. The topological polar surface area (TPSA) is 152 Å². The first-order valence-corrected chi connectivity index (χ1v) is 13.8. The molecule has 39 heavy (non-hydrogen) atoms. The van der Waals surface area contributed by atoms with Crippen LogP contribution in [0.1, 0.15) is 35.7 Å². The summed E-state index contributed by atoms with van der Waals surface area (Å²) in [4.78, 5) is 8.88. The zero-order chi connectivity index (χ0) is 28.4. The van der Waals surface area contributed by atoms with Gasteiger partial charge in [0.05, 0.1) is 24.0 Å². The van der Waals surface area contributed by atoms with Gasteiger partial charge in [0.1, 0.15) is 34.4 Å². The number of benzene rings is 2. The number of aryl methyl sites for hydroxylation is 1. The largest absolute Gasteiger partial charge is 0.394 e. The zero-order valence-electron chi connectivity index (χ0n) is 21.3. The molecule has 0 aliphatic heterocycles. The van der Waals surface area contributed by atoms with E-state index in [1.807, 2.05) is 43.5 Å². The summed E-state index contributed by atoms with van der Waals surface area (Å²) in [6, 6.07) is 17.9. The van der Waals surface area contributed by atoms with Crippen molar-refractivity contribution >= 4 is 39.7 Å². The zero-order valence-corrected chi connectivity index (χ0v) is 23.0. The maximum absolute atomic E-state index is 13.1. The van der Waals surface area contributed by atoms with Gasteiger partial charge in [0.15, 0.2) is 5.13 Å². The normalized spacial score (nSPS) is 11.1. The van der Waals surface area contributed by atoms with Crippen LogP contribution in [0.2, 0.25) is 0 Å². The van der Waals surface area contributed by atoms with Crippen LogP contribution >= 0.6 is 23.1 Å². The van der Waals surface area contributed by atoms with E-state index in [2.05, 4.69) is 27.4 Å². The molecule has 5 N–H and O–H groups in total. The highest BCUT2D eigenvalue weighted by molar-refractivity contribution is 7.98. The highest BCUT2D eigenvalue weighted by Crippen LogP contribution is 2.37. The lowest BCUT2D eigenvalue weighted by atomic mass is 9.96. The lowest BCUT2D eigenvalue weighted by Crippen LogP contribution is -2.08. The molecule has 2 aromatic carbocycles. The Balaban J connectivity index is 0.000000631. The number of aliphatic hydroxyl groups is 2. The van der Waals surface area contributed by atoms with Gasteiger partial charge in [-0.3, -0.25) is 0 Å². The Bertz CT molecular complexity index is 1470. The van der Waals surface area contributed by atoms with Crippen LogP contribution < -0.4 is 11.1 Å². The van der Waals surface area contributed by atoms with Crippen molar-refractivity contribution in [2.24, 2.45) is 0 Å². The fraction of sp³-hybridized carbons (Fsp3) is 0.214. The Morgan fingerprint density at radius 2 is 1.74 bits per heavy atom. The third-order valence-corrected chi connectivity index (χ3v) is 7.26. The number of nitrogen functional groups attached to an aromatic ring is 1. The number of aliphatic hydroxyl groups excluding tert-OH is 2. The van der Waals surface area contributed by atoms with E-state index in [9.17, 15) is 14.9 Å². The molecule has 0 aliphatic rings. The number of pyridine rings is 1. The Kier molecular flexibility index (Phi) is 10.8. The van der Waals surface area contributed by atoms with Crippen LogP contribution in [0.4, 0.5) is 21.0 Å². The quantitative estimate of drug-likeness (QED) is 0.196. The van der Waals surface area contributed by atoms with Crippen molar-refractivity contribution in [1.82, 2.24) is 9.97 Å². The summed E-state index contributed by atoms with van der Waals surface area (Å²) in [5.41, 5.74) is 10.4. The number of nitrogens with one attached hydrogen (secondary N) is 1. The molecule has 200 valence electrons. The van der Waals surface area contributed by atoms with Gasteiger partial charge in [-0.2, -0.15) is 10.5 Å². The SMILES string of the molecule is CCC(O)CO.Cc1ccc(-c2c(C#N)c(N)nc(SCc3csc(Nc4ccc(F)cc4)n3)c2C#N)cc1. The van der Waals surface area contributed by atoms with Crippen LogP contribution in [-0.2, 0) is 5.75 Å².